The lowest BCUT2D eigenvalue weighted by atomic mass is 10.1. The van der Waals surface area contributed by atoms with E-state index in [1.807, 2.05) is 0 Å². The quantitative estimate of drug-likeness (QED) is 0.687. The van der Waals surface area contributed by atoms with E-state index in [1.54, 1.807) is 20.9 Å². The lowest BCUT2D eigenvalue weighted by Gasteiger charge is -2.34. The molecular weight excluding hydrogens is 217 g/mol. The van der Waals surface area contributed by atoms with Crippen LogP contribution in [0.2, 0.25) is 0 Å². The van der Waals surface area contributed by atoms with Gasteiger partial charge in [0.15, 0.2) is 0 Å². The highest BCUT2D eigenvalue weighted by atomic mass is 35.5. The number of rotatable bonds is 4. The highest BCUT2D eigenvalue weighted by Gasteiger charge is 2.32. The number of nitrogens with zero attached hydrogens (tertiary/aromatic N) is 2. The number of hydrogen-bond acceptors (Lipinski definition) is 2. The van der Waals surface area contributed by atoms with Gasteiger partial charge in [0.2, 0.25) is 0 Å². The summed E-state index contributed by atoms with van der Waals surface area (Å²) in [6, 6.07) is 0. The maximum Gasteiger partial charge on any atom is 0.401 e. The minimum atomic E-state index is -4.16. The van der Waals surface area contributed by atoms with Gasteiger partial charge in [-0.2, -0.15) is 13.2 Å². The molecule has 0 amide bonds. The van der Waals surface area contributed by atoms with Crippen LogP contribution in [0, 0.1) is 0 Å². The second-order valence-corrected chi connectivity index (χ2v) is 4.58. The van der Waals surface area contributed by atoms with Crippen LogP contribution >= 0.6 is 11.8 Å². The standard InChI is InChI=1S/C8H16ClF3N2/c1-7(2,14(4)9)5-13(3)6-8(10,11)12/h5-6H2,1-4H3. The molecule has 6 heteroatoms. The summed E-state index contributed by atoms with van der Waals surface area (Å²) in [6.45, 7) is 2.91. The fraction of sp³-hybridized carbons (Fsp3) is 1.00. The van der Waals surface area contributed by atoms with Crippen LogP contribution in [-0.4, -0.2) is 48.2 Å². The SMILES string of the molecule is CN(CC(F)(F)F)CC(C)(C)N(C)Cl. The molecule has 0 aliphatic carbocycles. The van der Waals surface area contributed by atoms with Crippen molar-refractivity contribution >= 4 is 11.8 Å². The molecule has 0 spiro atoms. The smallest absolute Gasteiger partial charge is 0.296 e. The van der Waals surface area contributed by atoms with Gasteiger partial charge in [-0.1, -0.05) is 0 Å². The molecule has 86 valence electrons. The Balaban J connectivity index is 4.12. The monoisotopic (exact) mass is 232 g/mol. The fourth-order valence-corrected chi connectivity index (χ4v) is 1.17. The normalized spacial score (nSPS) is 14.1. The molecular formula is C8H16ClF3N2. The lowest BCUT2D eigenvalue weighted by molar-refractivity contribution is -0.145. The molecule has 0 aromatic rings. The Kier molecular flexibility index (Phi) is 4.68. The maximum atomic E-state index is 12.0. The van der Waals surface area contributed by atoms with Gasteiger partial charge in [-0.3, -0.25) is 4.90 Å². The molecule has 0 bridgehead atoms. The second kappa shape index (κ2) is 4.68. The molecule has 0 aromatic carbocycles. The van der Waals surface area contributed by atoms with Crippen molar-refractivity contribution in [2.24, 2.45) is 0 Å². The minimum Gasteiger partial charge on any atom is -0.296 e. The van der Waals surface area contributed by atoms with Gasteiger partial charge in [-0.25, -0.2) is 4.42 Å². The molecule has 0 saturated heterocycles. The molecule has 0 rings (SSSR count). The number of alkyl halides is 3. The third-order valence-electron chi connectivity index (χ3n) is 1.94. The van der Waals surface area contributed by atoms with E-state index < -0.39 is 18.3 Å². The largest absolute Gasteiger partial charge is 0.401 e. The van der Waals surface area contributed by atoms with Gasteiger partial charge in [0, 0.05) is 19.1 Å². The average molecular weight is 233 g/mol. The second-order valence-electron chi connectivity index (χ2n) is 4.08. The van der Waals surface area contributed by atoms with E-state index in [-0.39, 0.29) is 6.54 Å². The van der Waals surface area contributed by atoms with Crippen LogP contribution in [0.1, 0.15) is 13.8 Å². The Morgan fingerprint density at radius 3 is 1.79 bits per heavy atom. The van der Waals surface area contributed by atoms with Crippen LogP contribution < -0.4 is 0 Å². The van der Waals surface area contributed by atoms with Crippen molar-refractivity contribution < 1.29 is 13.2 Å². The van der Waals surface area contributed by atoms with Gasteiger partial charge in [-0.15, -0.1) is 0 Å². The summed E-state index contributed by atoms with van der Waals surface area (Å²) in [5.74, 6) is 0. The predicted octanol–water partition coefficient (Wildman–Crippen LogP) is 2.34. The van der Waals surface area contributed by atoms with Gasteiger partial charge in [0.25, 0.3) is 0 Å². The Morgan fingerprint density at radius 2 is 1.50 bits per heavy atom. The van der Waals surface area contributed by atoms with Gasteiger partial charge >= 0.3 is 6.18 Å². The van der Waals surface area contributed by atoms with Crippen molar-refractivity contribution in [3.63, 3.8) is 0 Å². The molecule has 0 saturated carbocycles. The average Bonchev–Trinajstić information content (AvgIpc) is 1.79. The Morgan fingerprint density at radius 1 is 1.07 bits per heavy atom. The summed E-state index contributed by atoms with van der Waals surface area (Å²) in [4.78, 5) is 1.21. The molecule has 2 nitrogen and oxygen atoms in total. The molecule has 0 heterocycles. The fourth-order valence-electron chi connectivity index (χ4n) is 1.12. The van der Waals surface area contributed by atoms with Gasteiger partial charge in [-0.05, 0) is 32.7 Å². The first-order valence-corrected chi connectivity index (χ1v) is 4.53. The van der Waals surface area contributed by atoms with Crippen LogP contribution in [-0.2, 0) is 0 Å². The van der Waals surface area contributed by atoms with Crippen LogP contribution in [0.15, 0.2) is 0 Å². The van der Waals surface area contributed by atoms with E-state index in [4.69, 9.17) is 11.8 Å². The Hall–Kier alpha value is 0. The summed E-state index contributed by atoms with van der Waals surface area (Å²) < 4.78 is 37.4. The van der Waals surface area contributed by atoms with Crippen molar-refractivity contribution in [1.82, 2.24) is 9.32 Å². The zero-order chi connectivity index (χ0) is 11.6. The molecule has 0 aliphatic rings. The van der Waals surface area contributed by atoms with Crippen molar-refractivity contribution in [2.75, 3.05) is 27.2 Å². The van der Waals surface area contributed by atoms with Crippen molar-refractivity contribution in [2.45, 2.75) is 25.6 Å². The predicted molar refractivity (Wildman–Crippen MR) is 51.2 cm³/mol. The van der Waals surface area contributed by atoms with E-state index in [1.165, 1.54) is 16.4 Å². The third kappa shape index (κ3) is 5.67. The summed E-state index contributed by atoms with van der Waals surface area (Å²) in [5, 5.41) is 0. The topological polar surface area (TPSA) is 6.48 Å². The van der Waals surface area contributed by atoms with Crippen molar-refractivity contribution in [3.8, 4) is 0 Å². The van der Waals surface area contributed by atoms with E-state index in [2.05, 4.69) is 0 Å². The first-order valence-electron chi connectivity index (χ1n) is 4.19. The van der Waals surface area contributed by atoms with Crippen LogP contribution in [0.3, 0.4) is 0 Å². The summed E-state index contributed by atoms with van der Waals surface area (Å²) >= 11 is 5.71. The summed E-state index contributed by atoms with van der Waals surface area (Å²) in [6.07, 6.45) is -4.16. The molecule has 0 fully saturated rings. The highest BCUT2D eigenvalue weighted by Crippen LogP contribution is 2.20. The minimum absolute atomic E-state index is 0.256. The van der Waals surface area contributed by atoms with Crippen LogP contribution in [0.25, 0.3) is 0 Å². The van der Waals surface area contributed by atoms with Gasteiger partial charge in [0.05, 0.1) is 6.54 Å². The molecule has 0 unspecified atom stereocenters. The maximum absolute atomic E-state index is 12.0. The summed E-state index contributed by atoms with van der Waals surface area (Å²) in [5.41, 5.74) is -0.485. The zero-order valence-corrected chi connectivity index (χ0v) is 9.58. The van der Waals surface area contributed by atoms with Crippen LogP contribution in [0.5, 0.6) is 0 Å². The van der Waals surface area contributed by atoms with E-state index in [0.717, 1.165) is 0 Å². The van der Waals surface area contributed by atoms with Gasteiger partial charge in [0.1, 0.15) is 0 Å². The zero-order valence-electron chi connectivity index (χ0n) is 8.82. The van der Waals surface area contributed by atoms with E-state index >= 15 is 0 Å². The Labute approximate surface area is 87.7 Å². The summed E-state index contributed by atoms with van der Waals surface area (Å²) in [7, 11) is 3.05. The van der Waals surface area contributed by atoms with Crippen molar-refractivity contribution in [3.05, 3.63) is 0 Å². The molecule has 0 aromatic heterocycles. The molecule has 0 N–H and O–H groups in total. The number of halogens is 4. The van der Waals surface area contributed by atoms with E-state index in [0.29, 0.717) is 0 Å². The van der Waals surface area contributed by atoms with Gasteiger partial charge < -0.3 is 0 Å². The molecule has 0 aliphatic heterocycles. The van der Waals surface area contributed by atoms with Crippen molar-refractivity contribution in [1.29, 1.82) is 0 Å². The number of hydrogen-bond donors (Lipinski definition) is 0. The van der Waals surface area contributed by atoms with E-state index in [9.17, 15) is 13.2 Å². The molecule has 14 heavy (non-hydrogen) atoms. The lowest BCUT2D eigenvalue weighted by Crippen LogP contribution is -2.47. The molecule has 0 atom stereocenters. The Bertz CT molecular complexity index is 180. The third-order valence-corrected chi connectivity index (χ3v) is 2.40. The molecule has 0 radical (unpaired) electrons. The first-order chi connectivity index (χ1) is 6.04. The van der Waals surface area contributed by atoms with Crippen LogP contribution in [0.4, 0.5) is 13.2 Å². The first kappa shape index (κ1) is 14.0. The number of likely N-dealkylation sites (N-methyl/N-ethyl adjacent to an activating group) is 2. The highest BCUT2D eigenvalue weighted by molar-refractivity contribution is 6.13.